The van der Waals surface area contributed by atoms with Crippen molar-refractivity contribution < 1.29 is 4.74 Å². The lowest BCUT2D eigenvalue weighted by Gasteiger charge is -2.10. The summed E-state index contributed by atoms with van der Waals surface area (Å²) in [5, 5.41) is 0. The molecule has 0 saturated heterocycles. The van der Waals surface area contributed by atoms with Crippen molar-refractivity contribution in [3.63, 3.8) is 0 Å². The van der Waals surface area contributed by atoms with Gasteiger partial charge in [0.15, 0.2) is 5.75 Å². The first-order valence-electron chi connectivity index (χ1n) is 6.93. The van der Waals surface area contributed by atoms with Crippen molar-refractivity contribution in [2.45, 2.75) is 39.7 Å². The second-order valence-electron chi connectivity index (χ2n) is 5.04. The number of hydrogen-bond donors (Lipinski definition) is 1. The summed E-state index contributed by atoms with van der Waals surface area (Å²) in [5.74, 6) is 1.35. The number of rotatable bonds is 5. The molecule has 2 aromatic rings. The van der Waals surface area contributed by atoms with Crippen LogP contribution in [0.1, 0.15) is 30.8 Å². The molecule has 2 heterocycles. The van der Waals surface area contributed by atoms with Crippen LogP contribution in [0, 0.1) is 6.92 Å². The summed E-state index contributed by atoms with van der Waals surface area (Å²) in [7, 11) is 0. The van der Waals surface area contributed by atoms with Gasteiger partial charge in [0.05, 0.1) is 5.69 Å². The molecule has 20 heavy (non-hydrogen) atoms. The van der Waals surface area contributed by atoms with Gasteiger partial charge in [-0.05, 0) is 44.4 Å². The Balaban J connectivity index is 2.14. The zero-order valence-corrected chi connectivity index (χ0v) is 12.3. The second kappa shape index (κ2) is 6.48. The predicted octanol–water partition coefficient (Wildman–Crippen LogP) is 3.03. The molecule has 1 atom stereocenters. The van der Waals surface area contributed by atoms with Crippen LogP contribution in [0.25, 0.3) is 0 Å². The Hall–Kier alpha value is -1.94. The largest absolute Gasteiger partial charge is 0.437 e. The van der Waals surface area contributed by atoms with Gasteiger partial charge >= 0.3 is 0 Å². The van der Waals surface area contributed by atoms with Crippen molar-refractivity contribution in [3.05, 3.63) is 47.4 Å². The zero-order chi connectivity index (χ0) is 14.5. The first-order chi connectivity index (χ1) is 9.58. The number of pyridine rings is 2. The molecule has 2 aromatic heterocycles. The highest BCUT2D eigenvalue weighted by molar-refractivity contribution is 5.33. The number of nitrogens with two attached hydrogens (primary N) is 1. The maximum atomic E-state index is 5.81. The van der Waals surface area contributed by atoms with Crippen LogP contribution < -0.4 is 10.5 Å². The van der Waals surface area contributed by atoms with E-state index in [-0.39, 0.29) is 6.04 Å². The van der Waals surface area contributed by atoms with Gasteiger partial charge in [-0.15, -0.1) is 0 Å². The van der Waals surface area contributed by atoms with E-state index >= 15 is 0 Å². The average molecular weight is 271 g/mol. The Labute approximate surface area is 120 Å². The fourth-order valence-electron chi connectivity index (χ4n) is 2.02. The fourth-order valence-corrected chi connectivity index (χ4v) is 2.02. The van der Waals surface area contributed by atoms with Crippen LogP contribution in [0.5, 0.6) is 11.6 Å². The molecule has 0 aliphatic carbocycles. The van der Waals surface area contributed by atoms with E-state index in [0.717, 1.165) is 35.5 Å². The molecule has 0 amide bonds. The fraction of sp³-hybridized carbons (Fsp3) is 0.375. The van der Waals surface area contributed by atoms with E-state index in [4.69, 9.17) is 10.5 Å². The van der Waals surface area contributed by atoms with Crippen molar-refractivity contribution in [3.8, 4) is 11.6 Å². The van der Waals surface area contributed by atoms with Gasteiger partial charge in [-0.25, -0.2) is 4.98 Å². The van der Waals surface area contributed by atoms with Gasteiger partial charge in [-0.2, -0.15) is 0 Å². The quantitative estimate of drug-likeness (QED) is 0.908. The Morgan fingerprint density at radius 1 is 1.25 bits per heavy atom. The third-order valence-corrected chi connectivity index (χ3v) is 2.98. The van der Waals surface area contributed by atoms with Crippen molar-refractivity contribution in [1.82, 2.24) is 9.97 Å². The molecular formula is C16H21N3O. The van der Waals surface area contributed by atoms with Crippen molar-refractivity contribution in [2.24, 2.45) is 5.73 Å². The summed E-state index contributed by atoms with van der Waals surface area (Å²) in [6.45, 7) is 6.02. The van der Waals surface area contributed by atoms with Gasteiger partial charge in [-0.1, -0.05) is 13.0 Å². The highest BCUT2D eigenvalue weighted by Gasteiger charge is 2.06. The van der Waals surface area contributed by atoms with Crippen molar-refractivity contribution in [2.75, 3.05) is 0 Å². The molecule has 0 aliphatic heterocycles. The molecule has 0 radical (unpaired) electrons. The number of ether oxygens (including phenoxy) is 1. The van der Waals surface area contributed by atoms with Gasteiger partial charge in [0.25, 0.3) is 0 Å². The van der Waals surface area contributed by atoms with E-state index < -0.39 is 0 Å². The Morgan fingerprint density at radius 2 is 2.05 bits per heavy atom. The molecule has 0 fully saturated rings. The number of aryl methyl sites for hydroxylation is 2. The van der Waals surface area contributed by atoms with Gasteiger partial charge < -0.3 is 10.5 Å². The molecule has 4 nitrogen and oxygen atoms in total. The van der Waals surface area contributed by atoms with E-state index in [1.54, 1.807) is 0 Å². The van der Waals surface area contributed by atoms with Crippen molar-refractivity contribution in [1.29, 1.82) is 0 Å². The molecule has 1 unspecified atom stereocenters. The van der Waals surface area contributed by atoms with Crippen molar-refractivity contribution >= 4 is 0 Å². The molecule has 0 bridgehead atoms. The molecule has 2 N–H and O–H groups in total. The minimum atomic E-state index is 0.136. The minimum Gasteiger partial charge on any atom is -0.437 e. The lowest BCUT2D eigenvalue weighted by atomic mass is 10.1. The maximum Gasteiger partial charge on any atom is 0.219 e. The second-order valence-corrected chi connectivity index (χ2v) is 5.04. The van der Waals surface area contributed by atoms with Crippen LogP contribution in [0.2, 0.25) is 0 Å². The topological polar surface area (TPSA) is 61.0 Å². The summed E-state index contributed by atoms with van der Waals surface area (Å²) >= 11 is 0. The first-order valence-corrected chi connectivity index (χ1v) is 6.93. The summed E-state index contributed by atoms with van der Waals surface area (Å²) in [5.41, 5.74) is 8.83. The third kappa shape index (κ3) is 3.78. The molecule has 2 rings (SSSR count). The van der Waals surface area contributed by atoms with Gasteiger partial charge in [0.2, 0.25) is 5.88 Å². The molecular weight excluding hydrogens is 250 g/mol. The smallest absolute Gasteiger partial charge is 0.219 e. The summed E-state index contributed by atoms with van der Waals surface area (Å²) < 4.78 is 5.81. The summed E-state index contributed by atoms with van der Waals surface area (Å²) in [4.78, 5) is 8.79. The van der Waals surface area contributed by atoms with Crippen LogP contribution in [0.3, 0.4) is 0 Å². The average Bonchev–Trinajstić information content (AvgIpc) is 2.42. The van der Waals surface area contributed by atoms with Gasteiger partial charge in [-0.3, -0.25) is 4.98 Å². The van der Waals surface area contributed by atoms with Crippen LogP contribution in [-0.4, -0.2) is 16.0 Å². The first kappa shape index (κ1) is 14.5. The Morgan fingerprint density at radius 3 is 2.65 bits per heavy atom. The molecule has 4 heteroatoms. The number of aromatic nitrogens is 2. The van der Waals surface area contributed by atoms with E-state index in [0.29, 0.717) is 5.88 Å². The lowest BCUT2D eigenvalue weighted by molar-refractivity contribution is 0.453. The molecule has 0 saturated carbocycles. The normalized spacial score (nSPS) is 12.2. The Kier molecular flexibility index (Phi) is 4.69. The number of nitrogens with zero attached hydrogens (tertiary/aromatic N) is 2. The molecule has 106 valence electrons. The van der Waals surface area contributed by atoms with Gasteiger partial charge in [0.1, 0.15) is 0 Å². The predicted molar refractivity (Wildman–Crippen MR) is 80.0 cm³/mol. The van der Waals surface area contributed by atoms with E-state index in [1.807, 2.05) is 44.3 Å². The lowest BCUT2D eigenvalue weighted by Crippen LogP contribution is -2.17. The summed E-state index contributed by atoms with van der Waals surface area (Å²) in [6.07, 6.45) is 3.46. The zero-order valence-electron chi connectivity index (χ0n) is 12.3. The van der Waals surface area contributed by atoms with Crippen LogP contribution in [0.15, 0.2) is 30.5 Å². The highest BCUT2D eigenvalue weighted by atomic mass is 16.5. The van der Waals surface area contributed by atoms with Crippen LogP contribution >= 0.6 is 0 Å². The van der Waals surface area contributed by atoms with Gasteiger partial charge in [0, 0.05) is 24.0 Å². The maximum absolute atomic E-state index is 5.81. The van der Waals surface area contributed by atoms with E-state index in [2.05, 4.69) is 16.9 Å². The highest BCUT2D eigenvalue weighted by Crippen LogP contribution is 2.23. The van der Waals surface area contributed by atoms with E-state index in [9.17, 15) is 0 Å². The molecule has 0 aromatic carbocycles. The number of hydrogen-bond acceptors (Lipinski definition) is 4. The van der Waals surface area contributed by atoms with Crippen LogP contribution in [-0.2, 0) is 12.8 Å². The molecule has 0 aliphatic rings. The minimum absolute atomic E-state index is 0.136. The SMILES string of the molecule is CCc1nc(C)ccc1Oc1ccc(CC(C)N)cn1. The van der Waals surface area contributed by atoms with Crippen LogP contribution in [0.4, 0.5) is 0 Å². The standard InChI is InChI=1S/C16H21N3O/c1-4-14-15(7-5-12(3)19-14)20-16-8-6-13(10-18-16)9-11(2)17/h5-8,10-11H,4,9,17H2,1-3H3. The Bertz CT molecular complexity index is 564. The summed E-state index contributed by atoms with van der Waals surface area (Å²) in [6, 6.07) is 7.89. The third-order valence-electron chi connectivity index (χ3n) is 2.98. The van der Waals surface area contributed by atoms with E-state index in [1.165, 1.54) is 0 Å². The monoisotopic (exact) mass is 271 g/mol. The molecule has 0 spiro atoms.